The van der Waals surface area contributed by atoms with Crippen molar-refractivity contribution >= 4 is 27.6 Å². The van der Waals surface area contributed by atoms with Crippen LogP contribution in [0, 0.1) is 6.92 Å². The van der Waals surface area contributed by atoms with Crippen LogP contribution in [-0.2, 0) is 14.8 Å². The van der Waals surface area contributed by atoms with Crippen molar-refractivity contribution in [3.8, 4) is 0 Å². The van der Waals surface area contributed by atoms with Gasteiger partial charge in [0.1, 0.15) is 4.90 Å². The maximum Gasteiger partial charge on any atom is 0.304 e. The first-order valence-corrected chi connectivity index (χ1v) is 7.62. The van der Waals surface area contributed by atoms with Crippen LogP contribution in [0.4, 0.5) is 0 Å². The van der Waals surface area contributed by atoms with Gasteiger partial charge >= 0.3 is 5.97 Å². The average molecular weight is 306 g/mol. The number of carboxylic acids is 1. The van der Waals surface area contributed by atoms with Crippen LogP contribution in [0.5, 0.6) is 0 Å². The van der Waals surface area contributed by atoms with Crippen molar-refractivity contribution in [2.24, 2.45) is 0 Å². The number of carbonyl (C=O) groups is 1. The third-order valence-corrected chi connectivity index (χ3v) is 4.62. The van der Waals surface area contributed by atoms with Crippen molar-refractivity contribution in [1.82, 2.24) is 4.72 Å². The second-order valence-corrected chi connectivity index (χ2v) is 6.35. The van der Waals surface area contributed by atoms with Crippen molar-refractivity contribution < 1.29 is 18.3 Å². The lowest BCUT2D eigenvalue weighted by molar-refractivity contribution is -0.137. The minimum Gasteiger partial charge on any atom is -0.481 e. The molecule has 0 heterocycles. The Morgan fingerprint density at radius 2 is 2.11 bits per heavy atom. The second kappa shape index (κ2) is 6.36. The van der Waals surface area contributed by atoms with Gasteiger partial charge in [-0.15, -0.1) is 0 Å². The average Bonchev–Trinajstić information content (AvgIpc) is 2.26. The smallest absolute Gasteiger partial charge is 0.304 e. The van der Waals surface area contributed by atoms with Gasteiger partial charge in [0.05, 0.1) is 11.4 Å². The quantitative estimate of drug-likeness (QED) is 0.844. The molecule has 0 aliphatic rings. The molecule has 19 heavy (non-hydrogen) atoms. The standard InChI is InChI=1S/C12H16ClNO4S/c1-3-9(7-12(15)16)14-19(17,18)11-5-4-8(2)6-10(11)13/h4-6,9,14H,3,7H2,1-2H3,(H,15,16). The van der Waals surface area contributed by atoms with Gasteiger partial charge in [0.15, 0.2) is 0 Å². The summed E-state index contributed by atoms with van der Waals surface area (Å²) in [4.78, 5) is 10.6. The number of hydrogen-bond acceptors (Lipinski definition) is 3. The molecule has 1 atom stereocenters. The van der Waals surface area contributed by atoms with E-state index in [1.165, 1.54) is 6.07 Å². The minimum atomic E-state index is -3.81. The third-order valence-electron chi connectivity index (χ3n) is 2.61. The number of carboxylic acid groups (broad SMARTS) is 1. The highest BCUT2D eigenvalue weighted by atomic mass is 35.5. The van der Waals surface area contributed by atoms with Crippen molar-refractivity contribution in [2.75, 3.05) is 0 Å². The first-order valence-electron chi connectivity index (χ1n) is 5.76. The summed E-state index contributed by atoms with van der Waals surface area (Å²) in [6.07, 6.45) is 0.119. The highest BCUT2D eigenvalue weighted by molar-refractivity contribution is 7.89. The summed E-state index contributed by atoms with van der Waals surface area (Å²) in [6.45, 7) is 3.52. The zero-order chi connectivity index (χ0) is 14.6. The Kier molecular flexibility index (Phi) is 5.34. The van der Waals surface area contributed by atoms with Crippen LogP contribution in [0.2, 0.25) is 5.02 Å². The van der Waals surface area contributed by atoms with Crippen molar-refractivity contribution in [3.05, 3.63) is 28.8 Å². The van der Waals surface area contributed by atoms with Crippen LogP contribution in [0.3, 0.4) is 0 Å². The molecule has 0 saturated heterocycles. The fourth-order valence-electron chi connectivity index (χ4n) is 1.59. The predicted molar refractivity (Wildman–Crippen MR) is 72.8 cm³/mol. The summed E-state index contributed by atoms with van der Waals surface area (Å²) >= 11 is 5.91. The maximum atomic E-state index is 12.1. The van der Waals surface area contributed by atoms with Gasteiger partial charge in [-0.1, -0.05) is 24.6 Å². The van der Waals surface area contributed by atoms with Crippen molar-refractivity contribution in [2.45, 2.75) is 37.6 Å². The summed E-state index contributed by atoms with van der Waals surface area (Å²) in [7, 11) is -3.81. The van der Waals surface area contributed by atoms with E-state index in [2.05, 4.69) is 4.72 Å². The normalized spacial score (nSPS) is 13.2. The van der Waals surface area contributed by atoms with Gasteiger partial charge in [-0.3, -0.25) is 4.79 Å². The topological polar surface area (TPSA) is 83.5 Å². The molecular formula is C12H16ClNO4S. The highest BCUT2D eigenvalue weighted by Crippen LogP contribution is 2.22. The lowest BCUT2D eigenvalue weighted by atomic mass is 10.2. The van der Waals surface area contributed by atoms with Gasteiger partial charge in [-0.25, -0.2) is 13.1 Å². The van der Waals surface area contributed by atoms with E-state index in [1.54, 1.807) is 26.0 Å². The molecule has 0 amide bonds. The Bertz CT molecular complexity index is 571. The molecule has 0 aromatic heterocycles. The first kappa shape index (κ1) is 15.9. The van der Waals surface area contributed by atoms with Gasteiger partial charge < -0.3 is 5.11 Å². The van der Waals surface area contributed by atoms with Crippen LogP contribution >= 0.6 is 11.6 Å². The Labute approximate surface area is 117 Å². The highest BCUT2D eigenvalue weighted by Gasteiger charge is 2.23. The van der Waals surface area contributed by atoms with Gasteiger partial charge in [-0.05, 0) is 31.0 Å². The zero-order valence-electron chi connectivity index (χ0n) is 10.7. The molecule has 5 nitrogen and oxygen atoms in total. The van der Waals surface area contributed by atoms with E-state index in [-0.39, 0.29) is 16.3 Å². The summed E-state index contributed by atoms with van der Waals surface area (Å²) in [6, 6.07) is 3.94. The summed E-state index contributed by atoms with van der Waals surface area (Å²) in [5.74, 6) is -1.05. The van der Waals surface area contributed by atoms with Gasteiger partial charge in [-0.2, -0.15) is 0 Å². The van der Waals surface area contributed by atoms with Crippen molar-refractivity contribution in [3.63, 3.8) is 0 Å². The SMILES string of the molecule is CCC(CC(=O)O)NS(=O)(=O)c1ccc(C)cc1Cl. The molecule has 0 aliphatic heterocycles. The van der Waals surface area contributed by atoms with Crippen LogP contribution in [0.15, 0.2) is 23.1 Å². The van der Waals surface area contributed by atoms with Gasteiger partial charge in [0, 0.05) is 6.04 Å². The molecule has 2 N–H and O–H groups in total. The Morgan fingerprint density at radius 3 is 2.58 bits per heavy atom. The number of hydrogen-bond donors (Lipinski definition) is 2. The Balaban J connectivity index is 3.00. The molecule has 0 radical (unpaired) electrons. The number of aryl methyl sites for hydroxylation is 1. The summed E-state index contributed by atoms with van der Waals surface area (Å²) < 4.78 is 26.6. The number of rotatable bonds is 6. The van der Waals surface area contributed by atoms with E-state index < -0.39 is 22.0 Å². The van der Waals surface area contributed by atoms with E-state index in [0.29, 0.717) is 6.42 Å². The predicted octanol–water partition coefficient (Wildman–Crippen LogP) is 2.18. The van der Waals surface area contributed by atoms with E-state index in [0.717, 1.165) is 5.56 Å². The van der Waals surface area contributed by atoms with Crippen molar-refractivity contribution in [1.29, 1.82) is 0 Å². The van der Waals surface area contributed by atoms with Gasteiger partial charge in [0.25, 0.3) is 0 Å². The fourth-order valence-corrected chi connectivity index (χ4v) is 3.51. The van der Waals surface area contributed by atoms with Crippen LogP contribution in [0.1, 0.15) is 25.3 Å². The largest absolute Gasteiger partial charge is 0.481 e. The molecule has 0 fully saturated rings. The molecule has 1 rings (SSSR count). The van der Waals surface area contributed by atoms with E-state index in [1.807, 2.05) is 0 Å². The molecule has 0 saturated carbocycles. The molecule has 106 valence electrons. The molecule has 1 unspecified atom stereocenters. The molecule has 1 aromatic carbocycles. The second-order valence-electron chi connectivity index (χ2n) is 4.26. The number of halogens is 1. The number of nitrogens with one attached hydrogen (secondary N) is 1. The monoisotopic (exact) mass is 305 g/mol. The van der Waals surface area contributed by atoms with E-state index >= 15 is 0 Å². The molecular weight excluding hydrogens is 290 g/mol. The van der Waals surface area contributed by atoms with Crippen LogP contribution < -0.4 is 4.72 Å². The number of sulfonamides is 1. The summed E-state index contributed by atoms with van der Waals surface area (Å²) in [5, 5.41) is 8.84. The third kappa shape index (κ3) is 4.49. The molecule has 0 aliphatic carbocycles. The fraction of sp³-hybridized carbons (Fsp3) is 0.417. The number of benzene rings is 1. The molecule has 0 bridgehead atoms. The molecule has 7 heteroatoms. The van der Waals surface area contributed by atoms with E-state index in [9.17, 15) is 13.2 Å². The molecule has 1 aromatic rings. The maximum absolute atomic E-state index is 12.1. The van der Waals surface area contributed by atoms with E-state index in [4.69, 9.17) is 16.7 Å². The number of aliphatic carboxylic acids is 1. The minimum absolute atomic E-state index is 0.0383. The zero-order valence-corrected chi connectivity index (χ0v) is 12.3. The lowest BCUT2D eigenvalue weighted by Gasteiger charge is -2.15. The Hall–Kier alpha value is -1.11. The van der Waals surface area contributed by atoms with Gasteiger partial charge in [0.2, 0.25) is 10.0 Å². The Morgan fingerprint density at radius 1 is 1.47 bits per heavy atom. The first-order chi connectivity index (χ1) is 8.76. The van der Waals surface area contributed by atoms with Crippen LogP contribution in [0.25, 0.3) is 0 Å². The molecule has 0 spiro atoms. The summed E-state index contributed by atoms with van der Waals surface area (Å²) in [5.41, 5.74) is 0.849. The van der Waals surface area contributed by atoms with Crippen LogP contribution in [-0.4, -0.2) is 25.5 Å². The lowest BCUT2D eigenvalue weighted by Crippen LogP contribution is -2.36.